The van der Waals surface area contributed by atoms with Crippen molar-refractivity contribution in [1.29, 1.82) is 5.26 Å². The number of aromatic hydroxyl groups is 1. The summed E-state index contributed by atoms with van der Waals surface area (Å²) in [6.07, 6.45) is 0.534. The molecule has 2 N–H and O–H groups in total. The van der Waals surface area contributed by atoms with Crippen LogP contribution in [0.5, 0.6) is 5.75 Å². The molecule has 0 radical (unpaired) electrons. The molecule has 1 rings (SSSR count). The molecular formula is C13H16N2O2. The number of rotatable bonds is 3. The molecule has 0 aliphatic rings. The first-order valence-corrected chi connectivity index (χ1v) is 5.45. The van der Waals surface area contributed by atoms with Crippen molar-refractivity contribution in [2.45, 2.75) is 32.7 Å². The fourth-order valence-corrected chi connectivity index (χ4v) is 1.31. The van der Waals surface area contributed by atoms with Gasteiger partial charge in [-0.25, -0.2) is 0 Å². The van der Waals surface area contributed by atoms with E-state index in [1.165, 1.54) is 12.1 Å². The van der Waals surface area contributed by atoms with E-state index in [1.54, 1.807) is 19.9 Å². The second-order valence-electron chi connectivity index (χ2n) is 4.25. The number of carbonyl (C=O) groups is 1. The van der Waals surface area contributed by atoms with Crippen LogP contribution in [0.3, 0.4) is 0 Å². The zero-order chi connectivity index (χ0) is 13.1. The first-order valence-electron chi connectivity index (χ1n) is 5.45. The van der Waals surface area contributed by atoms with Gasteiger partial charge in [0.05, 0.1) is 6.07 Å². The van der Waals surface area contributed by atoms with E-state index in [1.807, 2.05) is 6.92 Å². The van der Waals surface area contributed by atoms with Crippen molar-refractivity contribution in [1.82, 2.24) is 5.32 Å². The SMILES string of the molecule is CCC(C)(C#N)NC(=O)c1ccc(O)c(C)c1. The summed E-state index contributed by atoms with van der Waals surface area (Å²) >= 11 is 0. The van der Waals surface area contributed by atoms with Gasteiger partial charge in [0, 0.05) is 5.56 Å². The van der Waals surface area contributed by atoms with E-state index in [2.05, 4.69) is 11.4 Å². The van der Waals surface area contributed by atoms with Crippen LogP contribution >= 0.6 is 0 Å². The lowest BCUT2D eigenvalue weighted by atomic mass is 10.00. The van der Waals surface area contributed by atoms with Crippen LogP contribution in [0.1, 0.15) is 36.2 Å². The van der Waals surface area contributed by atoms with Gasteiger partial charge in [0.25, 0.3) is 5.91 Å². The zero-order valence-corrected chi connectivity index (χ0v) is 10.2. The number of phenolic OH excluding ortho intramolecular Hbond substituents is 1. The summed E-state index contributed by atoms with van der Waals surface area (Å²) in [5.74, 6) is -0.154. The Balaban J connectivity index is 2.91. The fraction of sp³-hybridized carbons (Fsp3) is 0.385. The van der Waals surface area contributed by atoms with Crippen LogP contribution in [0.2, 0.25) is 0 Å². The Morgan fingerprint density at radius 3 is 2.71 bits per heavy atom. The summed E-state index contributed by atoms with van der Waals surface area (Å²) in [5.41, 5.74) is 0.214. The third-order valence-electron chi connectivity index (χ3n) is 2.80. The Morgan fingerprint density at radius 2 is 2.24 bits per heavy atom. The highest BCUT2D eigenvalue weighted by Gasteiger charge is 2.24. The van der Waals surface area contributed by atoms with Gasteiger partial charge in [-0.2, -0.15) is 5.26 Å². The molecule has 1 amide bonds. The summed E-state index contributed by atoms with van der Waals surface area (Å²) in [6.45, 7) is 5.24. The summed E-state index contributed by atoms with van der Waals surface area (Å²) in [7, 11) is 0. The maximum Gasteiger partial charge on any atom is 0.252 e. The first kappa shape index (κ1) is 13.0. The maximum absolute atomic E-state index is 11.9. The van der Waals surface area contributed by atoms with Crippen molar-refractivity contribution in [3.8, 4) is 11.8 Å². The molecule has 1 aromatic rings. The number of nitrogens with one attached hydrogen (secondary N) is 1. The van der Waals surface area contributed by atoms with Crippen molar-refractivity contribution in [3.05, 3.63) is 29.3 Å². The van der Waals surface area contributed by atoms with Crippen LogP contribution < -0.4 is 5.32 Å². The van der Waals surface area contributed by atoms with Crippen molar-refractivity contribution in [2.75, 3.05) is 0 Å². The van der Waals surface area contributed by atoms with Crippen molar-refractivity contribution >= 4 is 5.91 Å². The molecule has 4 nitrogen and oxygen atoms in total. The van der Waals surface area contributed by atoms with Gasteiger partial charge in [-0.1, -0.05) is 6.92 Å². The Morgan fingerprint density at radius 1 is 1.59 bits per heavy atom. The second kappa shape index (κ2) is 4.88. The first-order chi connectivity index (χ1) is 7.91. The molecule has 0 aromatic heterocycles. The van der Waals surface area contributed by atoms with Crippen LogP contribution in [0, 0.1) is 18.3 Å². The molecule has 17 heavy (non-hydrogen) atoms. The molecule has 0 spiro atoms. The lowest BCUT2D eigenvalue weighted by Crippen LogP contribution is -2.44. The van der Waals surface area contributed by atoms with Crippen LogP contribution in [0.15, 0.2) is 18.2 Å². The highest BCUT2D eigenvalue weighted by Crippen LogP contribution is 2.17. The van der Waals surface area contributed by atoms with Crippen LogP contribution in [-0.2, 0) is 0 Å². The minimum Gasteiger partial charge on any atom is -0.508 e. The molecule has 0 saturated carbocycles. The van der Waals surface area contributed by atoms with Gasteiger partial charge >= 0.3 is 0 Å². The number of hydrogen-bond donors (Lipinski definition) is 2. The van der Waals surface area contributed by atoms with Gasteiger partial charge in [0.15, 0.2) is 0 Å². The molecule has 1 unspecified atom stereocenters. The number of hydrogen-bond acceptors (Lipinski definition) is 3. The predicted octanol–water partition coefficient (Wildman–Crippen LogP) is 2.12. The summed E-state index contributed by atoms with van der Waals surface area (Å²) < 4.78 is 0. The number of nitrogens with zero attached hydrogens (tertiary/aromatic N) is 1. The van der Waals surface area contributed by atoms with Crippen LogP contribution in [0.25, 0.3) is 0 Å². The quantitative estimate of drug-likeness (QED) is 0.838. The molecule has 1 aromatic carbocycles. The van der Waals surface area contributed by atoms with E-state index in [0.717, 1.165) is 0 Å². The minimum atomic E-state index is -0.858. The third-order valence-corrected chi connectivity index (χ3v) is 2.80. The number of nitriles is 1. The van der Waals surface area contributed by atoms with Gasteiger partial charge in [-0.15, -0.1) is 0 Å². The Kier molecular flexibility index (Phi) is 3.74. The molecule has 0 aliphatic carbocycles. The fourth-order valence-electron chi connectivity index (χ4n) is 1.31. The van der Waals surface area contributed by atoms with Gasteiger partial charge in [0.1, 0.15) is 11.3 Å². The molecule has 4 heteroatoms. The maximum atomic E-state index is 11.9. The molecule has 0 bridgehead atoms. The molecule has 90 valence electrons. The molecule has 1 atom stereocenters. The molecular weight excluding hydrogens is 216 g/mol. The minimum absolute atomic E-state index is 0.153. The van der Waals surface area contributed by atoms with Crippen molar-refractivity contribution in [2.24, 2.45) is 0 Å². The Bertz CT molecular complexity index is 477. The smallest absolute Gasteiger partial charge is 0.252 e. The summed E-state index contributed by atoms with van der Waals surface area (Å²) in [5, 5.41) is 21.0. The number of aryl methyl sites for hydroxylation is 1. The average molecular weight is 232 g/mol. The van der Waals surface area contributed by atoms with Crippen molar-refractivity contribution in [3.63, 3.8) is 0 Å². The number of carbonyl (C=O) groups excluding carboxylic acids is 1. The molecule has 0 saturated heterocycles. The Labute approximate surface area is 101 Å². The second-order valence-corrected chi connectivity index (χ2v) is 4.25. The highest BCUT2D eigenvalue weighted by molar-refractivity contribution is 5.95. The number of phenols is 1. The van der Waals surface area contributed by atoms with E-state index in [9.17, 15) is 9.90 Å². The monoisotopic (exact) mass is 232 g/mol. The third kappa shape index (κ3) is 2.97. The highest BCUT2D eigenvalue weighted by atomic mass is 16.3. The van der Waals surface area contributed by atoms with E-state index in [-0.39, 0.29) is 11.7 Å². The number of amides is 1. The average Bonchev–Trinajstić information content (AvgIpc) is 2.32. The van der Waals surface area contributed by atoms with Gasteiger partial charge in [0.2, 0.25) is 0 Å². The van der Waals surface area contributed by atoms with E-state index >= 15 is 0 Å². The zero-order valence-electron chi connectivity index (χ0n) is 10.2. The lowest BCUT2D eigenvalue weighted by Gasteiger charge is -2.21. The topological polar surface area (TPSA) is 73.1 Å². The van der Waals surface area contributed by atoms with E-state index in [4.69, 9.17) is 5.26 Å². The normalized spacial score (nSPS) is 13.5. The van der Waals surface area contributed by atoms with E-state index < -0.39 is 5.54 Å². The molecule has 0 heterocycles. The Hall–Kier alpha value is -2.02. The van der Waals surface area contributed by atoms with Gasteiger partial charge < -0.3 is 10.4 Å². The molecule has 0 fully saturated rings. The van der Waals surface area contributed by atoms with Crippen LogP contribution in [-0.4, -0.2) is 16.6 Å². The summed E-state index contributed by atoms with van der Waals surface area (Å²) in [6, 6.07) is 6.67. The predicted molar refractivity (Wildman–Crippen MR) is 64.6 cm³/mol. The largest absolute Gasteiger partial charge is 0.508 e. The van der Waals surface area contributed by atoms with Gasteiger partial charge in [-0.3, -0.25) is 4.79 Å². The summed E-state index contributed by atoms with van der Waals surface area (Å²) in [4.78, 5) is 11.9. The standard InChI is InChI=1S/C13H16N2O2/c1-4-13(3,8-14)15-12(17)10-5-6-11(16)9(2)7-10/h5-7,16H,4H2,1-3H3,(H,15,17). The lowest BCUT2D eigenvalue weighted by molar-refractivity contribution is 0.0923. The molecule has 0 aliphatic heterocycles. The van der Waals surface area contributed by atoms with E-state index in [0.29, 0.717) is 17.5 Å². The van der Waals surface area contributed by atoms with Crippen molar-refractivity contribution < 1.29 is 9.90 Å². The van der Waals surface area contributed by atoms with Crippen LogP contribution in [0.4, 0.5) is 0 Å². The van der Waals surface area contributed by atoms with Gasteiger partial charge in [-0.05, 0) is 44.0 Å². The number of benzene rings is 1.